The second-order valence-electron chi connectivity index (χ2n) is 4.59. The van der Waals surface area contributed by atoms with Gasteiger partial charge in [0.1, 0.15) is 10.7 Å². The van der Waals surface area contributed by atoms with Crippen LogP contribution in [0.5, 0.6) is 0 Å². The minimum atomic E-state index is -4.09. The number of benzene rings is 1. The highest BCUT2D eigenvalue weighted by Gasteiger charge is 2.31. The molecule has 1 aliphatic rings. The maximum absolute atomic E-state index is 13.7. The van der Waals surface area contributed by atoms with E-state index in [1.165, 1.54) is 0 Å². The molecule has 6 nitrogen and oxygen atoms in total. The molecule has 1 fully saturated rings. The van der Waals surface area contributed by atoms with E-state index in [9.17, 15) is 22.7 Å². The molecule has 0 saturated carbocycles. The third-order valence-corrected chi connectivity index (χ3v) is 5.13. The van der Waals surface area contributed by atoms with E-state index >= 15 is 0 Å². The number of aliphatic hydroxyl groups is 1. The van der Waals surface area contributed by atoms with Crippen LogP contribution < -0.4 is 0 Å². The van der Waals surface area contributed by atoms with Gasteiger partial charge in [-0.1, -0.05) is 0 Å². The van der Waals surface area contributed by atoms with Crippen LogP contribution >= 0.6 is 0 Å². The van der Waals surface area contributed by atoms with Crippen LogP contribution in [0.3, 0.4) is 0 Å². The number of rotatable bonds is 3. The number of nitrogens with zero attached hydrogens (tertiary/aromatic N) is 1. The van der Waals surface area contributed by atoms with E-state index in [1.807, 2.05) is 0 Å². The third kappa shape index (κ3) is 2.82. The molecule has 20 heavy (non-hydrogen) atoms. The molecule has 2 rings (SSSR count). The summed E-state index contributed by atoms with van der Waals surface area (Å²) >= 11 is 0. The predicted molar refractivity (Wildman–Crippen MR) is 67.4 cm³/mol. The van der Waals surface area contributed by atoms with Gasteiger partial charge in [0, 0.05) is 13.1 Å². The maximum atomic E-state index is 13.7. The zero-order valence-corrected chi connectivity index (χ0v) is 11.3. The van der Waals surface area contributed by atoms with E-state index in [4.69, 9.17) is 5.11 Å². The Labute approximate surface area is 115 Å². The summed E-state index contributed by atoms with van der Waals surface area (Å²) in [4.78, 5) is 10.2. The molecule has 1 heterocycles. The number of halogens is 1. The molecule has 0 aliphatic carbocycles. The van der Waals surface area contributed by atoms with Crippen LogP contribution in [0.4, 0.5) is 4.39 Å². The molecule has 0 spiro atoms. The van der Waals surface area contributed by atoms with Gasteiger partial charge in [-0.3, -0.25) is 0 Å². The van der Waals surface area contributed by atoms with Crippen LogP contribution in [0.25, 0.3) is 0 Å². The van der Waals surface area contributed by atoms with Crippen molar-refractivity contribution in [2.75, 3.05) is 13.1 Å². The molecule has 0 bridgehead atoms. The minimum absolute atomic E-state index is 0.0836. The van der Waals surface area contributed by atoms with Gasteiger partial charge in [0.25, 0.3) is 0 Å². The van der Waals surface area contributed by atoms with Gasteiger partial charge in [0.05, 0.1) is 11.7 Å². The van der Waals surface area contributed by atoms with Crippen molar-refractivity contribution in [3.8, 4) is 0 Å². The van der Waals surface area contributed by atoms with E-state index in [2.05, 4.69) is 0 Å². The first-order valence-electron chi connectivity index (χ1n) is 6.03. The average Bonchev–Trinajstić information content (AvgIpc) is 2.39. The van der Waals surface area contributed by atoms with Gasteiger partial charge >= 0.3 is 5.97 Å². The number of aromatic carboxylic acids is 1. The summed E-state index contributed by atoms with van der Waals surface area (Å²) in [6.45, 7) is 0.167. The largest absolute Gasteiger partial charge is 0.478 e. The molecule has 0 aromatic heterocycles. The summed E-state index contributed by atoms with van der Waals surface area (Å²) < 4.78 is 39.4. The summed E-state index contributed by atoms with van der Waals surface area (Å²) in [7, 11) is -4.09. The quantitative estimate of drug-likeness (QED) is 0.856. The molecule has 8 heteroatoms. The lowest BCUT2D eigenvalue weighted by molar-refractivity contribution is 0.0696. The Morgan fingerprint density at radius 2 is 1.90 bits per heavy atom. The molecular weight excluding hydrogens is 289 g/mol. The van der Waals surface area contributed by atoms with Crippen LogP contribution in [0, 0.1) is 5.82 Å². The van der Waals surface area contributed by atoms with Crippen LogP contribution in [0.15, 0.2) is 23.1 Å². The minimum Gasteiger partial charge on any atom is -0.478 e. The van der Waals surface area contributed by atoms with E-state index < -0.39 is 32.8 Å². The first-order valence-corrected chi connectivity index (χ1v) is 7.47. The highest BCUT2D eigenvalue weighted by atomic mass is 32.2. The first kappa shape index (κ1) is 14.9. The Morgan fingerprint density at radius 3 is 2.45 bits per heavy atom. The molecule has 0 amide bonds. The molecule has 2 N–H and O–H groups in total. The summed E-state index contributed by atoms with van der Waals surface area (Å²) in [5.74, 6) is -2.31. The summed E-state index contributed by atoms with van der Waals surface area (Å²) in [5.41, 5.74) is -0.290. The first-order chi connectivity index (χ1) is 9.32. The van der Waals surface area contributed by atoms with Crippen molar-refractivity contribution >= 4 is 16.0 Å². The zero-order valence-electron chi connectivity index (χ0n) is 10.5. The number of piperidine rings is 1. The van der Waals surface area contributed by atoms with Crippen molar-refractivity contribution in [1.29, 1.82) is 0 Å². The highest BCUT2D eigenvalue weighted by Crippen LogP contribution is 2.24. The standard InChI is InChI=1S/C12H14FNO5S/c13-10-2-1-8(12(16)17)7-11(10)20(18,19)14-5-3-9(15)4-6-14/h1-2,7,9,15H,3-6H2,(H,16,17). The van der Waals surface area contributed by atoms with Crippen molar-refractivity contribution < 1.29 is 27.8 Å². The van der Waals surface area contributed by atoms with Crippen molar-refractivity contribution in [1.82, 2.24) is 4.31 Å². The number of hydrogen-bond acceptors (Lipinski definition) is 4. The normalized spacial score (nSPS) is 18.1. The van der Waals surface area contributed by atoms with Gasteiger partial charge in [-0.2, -0.15) is 4.31 Å². The number of carboxylic acid groups (broad SMARTS) is 1. The molecule has 0 unspecified atom stereocenters. The summed E-state index contributed by atoms with van der Waals surface area (Å²) in [6.07, 6.45) is -0.00415. The third-order valence-electron chi connectivity index (χ3n) is 3.22. The maximum Gasteiger partial charge on any atom is 0.335 e. The molecular formula is C12H14FNO5S. The fourth-order valence-corrected chi connectivity index (χ4v) is 3.62. The molecule has 0 atom stereocenters. The fourth-order valence-electron chi connectivity index (χ4n) is 2.06. The van der Waals surface area contributed by atoms with E-state index in [1.54, 1.807) is 0 Å². The monoisotopic (exact) mass is 303 g/mol. The number of carbonyl (C=O) groups is 1. The zero-order chi connectivity index (χ0) is 14.9. The molecule has 1 aliphatic heterocycles. The summed E-state index contributed by atoms with van der Waals surface area (Å²) in [6, 6.07) is 2.66. The molecule has 110 valence electrons. The number of aliphatic hydroxyl groups excluding tert-OH is 1. The van der Waals surface area contributed by atoms with Gasteiger partial charge in [0.15, 0.2) is 0 Å². The van der Waals surface area contributed by atoms with Crippen LogP contribution in [-0.4, -0.2) is 48.1 Å². The Morgan fingerprint density at radius 1 is 1.30 bits per heavy atom. The Bertz CT molecular complexity index is 623. The van der Waals surface area contributed by atoms with Crippen molar-refractivity contribution in [3.63, 3.8) is 0 Å². The number of carboxylic acids is 1. The van der Waals surface area contributed by atoms with Gasteiger partial charge in [-0.05, 0) is 31.0 Å². The molecule has 1 aromatic rings. The van der Waals surface area contributed by atoms with E-state index in [0.717, 1.165) is 22.5 Å². The Hall–Kier alpha value is -1.51. The van der Waals surface area contributed by atoms with Gasteiger partial charge < -0.3 is 10.2 Å². The van der Waals surface area contributed by atoms with Crippen molar-refractivity contribution in [3.05, 3.63) is 29.6 Å². The molecule has 0 radical (unpaired) electrons. The van der Waals surface area contributed by atoms with E-state index in [0.29, 0.717) is 0 Å². The van der Waals surface area contributed by atoms with Crippen molar-refractivity contribution in [2.45, 2.75) is 23.8 Å². The highest BCUT2D eigenvalue weighted by molar-refractivity contribution is 7.89. The second kappa shape index (κ2) is 5.47. The topological polar surface area (TPSA) is 94.9 Å². The number of hydrogen-bond donors (Lipinski definition) is 2. The predicted octanol–water partition coefficient (Wildman–Crippen LogP) is 0.669. The van der Waals surface area contributed by atoms with Gasteiger partial charge in [-0.25, -0.2) is 17.6 Å². The smallest absolute Gasteiger partial charge is 0.335 e. The van der Waals surface area contributed by atoms with Crippen LogP contribution in [0.2, 0.25) is 0 Å². The van der Waals surface area contributed by atoms with Crippen LogP contribution in [0.1, 0.15) is 23.2 Å². The van der Waals surface area contributed by atoms with Crippen LogP contribution in [-0.2, 0) is 10.0 Å². The fraction of sp³-hybridized carbons (Fsp3) is 0.417. The summed E-state index contributed by atoms with van der Waals surface area (Å²) in [5, 5.41) is 18.2. The van der Waals surface area contributed by atoms with Gasteiger partial charge in [0.2, 0.25) is 10.0 Å². The van der Waals surface area contributed by atoms with Crippen molar-refractivity contribution in [2.24, 2.45) is 0 Å². The molecule has 1 saturated heterocycles. The lowest BCUT2D eigenvalue weighted by Gasteiger charge is -2.28. The van der Waals surface area contributed by atoms with E-state index in [-0.39, 0.29) is 31.5 Å². The SMILES string of the molecule is O=C(O)c1ccc(F)c(S(=O)(=O)N2CCC(O)CC2)c1. The second-order valence-corrected chi connectivity index (χ2v) is 6.49. The molecule has 1 aromatic carbocycles. The average molecular weight is 303 g/mol. The Kier molecular flexibility index (Phi) is 4.07. The lowest BCUT2D eigenvalue weighted by atomic mass is 10.1. The lowest BCUT2D eigenvalue weighted by Crippen LogP contribution is -2.40. The Balaban J connectivity index is 2.38. The van der Waals surface area contributed by atoms with Gasteiger partial charge in [-0.15, -0.1) is 0 Å². The number of sulfonamides is 1.